The fourth-order valence-electron chi connectivity index (χ4n) is 2.64. The van der Waals surface area contributed by atoms with Gasteiger partial charge in [0.05, 0.1) is 16.8 Å². The summed E-state index contributed by atoms with van der Waals surface area (Å²) in [4.78, 5) is 24.4. The topological polar surface area (TPSA) is 77.0 Å². The van der Waals surface area contributed by atoms with Gasteiger partial charge in [-0.05, 0) is 74.0 Å². The molecular formula is C24H20Cl2N2O4. The monoisotopic (exact) mass is 470 g/mol. The van der Waals surface area contributed by atoms with Crippen molar-refractivity contribution in [2.24, 2.45) is 5.10 Å². The zero-order valence-corrected chi connectivity index (χ0v) is 18.9. The standard InChI is InChI=1S/C24H20Cl2N2O4/c1-15-4-3-5-18(12-15)24(30)32-20-9-6-17(7-10-20)14-27-28-23(29)16(2)31-22-11-8-19(25)13-21(22)26/h3-14,16H,1-2H3,(H,28,29)/b27-14-/t16-/m1/s1. The summed E-state index contributed by atoms with van der Waals surface area (Å²) in [6, 6.07) is 18.6. The summed E-state index contributed by atoms with van der Waals surface area (Å²) >= 11 is 11.9. The van der Waals surface area contributed by atoms with E-state index in [2.05, 4.69) is 10.5 Å². The van der Waals surface area contributed by atoms with E-state index in [0.29, 0.717) is 32.7 Å². The lowest BCUT2D eigenvalue weighted by Crippen LogP contribution is -2.33. The van der Waals surface area contributed by atoms with E-state index in [1.807, 2.05) is 13.0 Å². The Morgan fingerprint density at radius 2 is 1.78 bits per heavy atom. The normalized spacial score (nSPS) is 11.8. The Hall–Kier alpha value is -3.35. The Balaban J connectivity index is 1.51. The molecule has 6 nitrogen and oxygen atoms in total. The predicted octanol–water partition coefficient (Wildman–Crippen LogP) is 5.44. The minimum atomic E-state index is -0.825. The average molecular weight is 471 g/mol. The van der Waals surface area contributed by atoms with Crippen molar-refractivity contribution in [3.63, 3.8) is 0 Å². The van der Waals surface area contributed by atoms with Gasteiger partial charge in [0.2, 0.25) is 0 Å². The van der Waals surface area contributed by atoms with E-state index in [4.69, 9.17) is 32.7 Å². The second kappa shape index (κ2) is 10.8. The van der Waals surface area contributed by atoms with Crippen LogP contribution in [0.25, 0.3) is 0 Å². The van der Waals surface area contributed by atoms with Crippen LogP contribution in [0, 0.1) is 6.92 Å². The number of hydrogen-bond donors (Lipinski definition) is 1. The lowest BCUT2D eigenvalue weighted by molar-refractivity contribution is -0.127. The summed E-state index contributed by atoms with van der Waals surface area (Å²) in [5.74, 6) is -0.133. The fourth-order valence-corrected chi connectivity index (χ4v) is 3.09. The zero-order valence-electron chi connectivity index (χ0n) is 17.3. The number of halogens is 2. The molecule has 0 radical (unpaired) electrons. The van der Waals surface area contributed by atoms with Crippen LogP contribution in [0.15, 0.2) is 71.8 Å². The molecule has 0 aromatic heterocycles. The molecule has 1 atom stereocenters. The van der Waals surface area contributed by atoms with E-state index in [1.54, 1.807) is 61.5 Å². The van der Waals surface area contributed by atoms with Crippen LogP contribution in [0.4, 0.5) is 0 Å². The molecule has 0 fully saturated rings. The van der Waals surface area contributed by atoms with E-state index < -0.39 is 18.0 Å². The summed E-state index contributed by atoms with van der Waals surface area (Å²) < 4.78 is 10.9. The number of amides is 1. The first-order valence-corrected chi connectivity index (χ1v) is 10.4. The third-order valence-electron chi connectivity index (χ3n) is 4.30. The Labute approximate surface area is 195 Å². The van der Waals surface area contributed by atoms with Crippen molar-refractivity contribution in [2.45, 2.75) is 20.0 Å². The van der Waals surface area contributed by atoms with Crippen LogP contribution in [0.2, 0.25) is 10.0 Å². The maximum Gasteiger partial charge on any atom is 0.343 e. The number of hydrogen-bond acceptors (Lipinski definition) is 5. The molecule has 1 amide bonds. The molecule has 0 spiro atoms. The number of carbonyl (C=O) groups is 2. The molecule has 32 heavy (non-hydrogen) atoms. The summed E-state index contributed by atoms with van der Waals surface area (Å²) in [5.41, 5.74) is 4.57. The number of aryl methyl sites for hydroxylation is 1. The van der Waals surface area contributed by atoms with Crippen molar-refractivity contribution >= 4 is 41.3 Å². The summed E-state index contributed by atoms with van der Waals surface area (Å²) in [7, 11) is 0. The Bertz CT molecular complexity index is 1150. The minimum absolute atomic E-state index is 0.309. The molecule has 3 rings (SSSR count). The number of ether oxygens (including phenoxy) is 2. The van der Waals surface area contributed by atoms with E-state index in [0.717, 1.165) is 5.56 Å². The van der Waals surface area contributed by atoms with Gasteiger partial charge in [0.1, 0.15) is 11.5 Å². The second-order valence-corrected chi connectivity index (χ2v) is 7.74. The van der Waals surface area contributed by atoms with Crippen LogP contribution in [0.1, 0.15) is 28.4 Å². The van der Waals surface area contributed by atoms with Crippen LogP contribution < -0.4 is 14.9 Å². The van der Waals surface area contributed by atoms with Crippen molar-refractivity contribution < 1.29 is 19.1 Å². The second-order valence-electron chi connectivity index (χ2n) is 6.90. The fraction of sp³-hybridized carbons (Fsp3) is 0.125. The van der Waals surface area contributed by atoms with Gasteiger partial charge in [0.25, 0.3) is 5.91 Å². The number of rotatable bonds is 7. The van der Waals surface area contributed by atoms with Crippen LogP contribution >= 0.6 is 23.2 Å². The number of esters is 1. The first-order valence-electron chi connectivity index (χ1n) is 9.65. The van der Waals surface area contributed by atoms with Gasteiger partial charge in [-0.2, -0.15) is 5.10 Å². The van der Waals surface area contributed by atoms with Crippen LogP contribution in [-0.4, -0.2) is 24.2 Å². The van der Waals surface area contributed by atoms with Crippen molar-refractivity contribution in [3.8, 4) is 11.5 Å². The molecule has 0 saturated carbocycles. The van der Waals surface area contributed by atoms with Gasteiger partial charge in [-0.25, -0.2) is 10.2 Å². The average Bonchev–Trinajstić information content (AvgIpc) is 2.76. The van der Waals surface area contributed by atoms with E-state index in [1.165, 1.54) is 12.3 Å². The first kappa shape index (κ1) is 23.3. The van der Waals surface area contributed by atoms with Crippen LogP contribution in [-0.2, 0) is 4.79 Å². The SMILES string of the molecule is Cc1cccc(C(=O)Oc2ccc(/C=N\NC(=O)[C@@H](C)Oc3ccc(Cl)cc3Cl)cc2)c1. The lowest BCUT2D eigenvalue weighted by atomic mass is 10.1. The molecular weight excluding hydrogens is 451 g/mol. The molecule has 164 valence electrons. The highest BCUT2D eigenvalue weighted by Crippen LogP contribution is 2.28. The van der Waals surface area contributed by atoms with E-state index in [-0.39, 0.29) is 0 Å². The van der Waals surface area contributed by atoms with Gasteiger partial charge >= 0.3 is 5.97 Å². The van der Waals surface area contributed by atoms with E-state index >= 15 is 0 Å². The molecule has 0 aliphatic heterocycles. The van der Waals surface area contributed by atoms with Crippen LogP contribution in [0.3, 0.4) is 0 Å². The lowest BCUT2D eigenvalue weighted by Gasteiger charge is -2.14. The third kappa shape index (κ3) is 6.57. The molecule has 0 bridgehead atoms. The number of carbonyl (C=O) groups excluding carboxylic acids is 2. The highest BCUT2D eigenvalue weighted by Gasteiger charge is 2.15. The maximum absolute atomic E-state index is 12.2. The third-order valence-corrected chi connectivity index (χ3v) is 4.83. The Morgan fingerprint density at radius 1 is 1.03 bits per heavy atom. The number of nitrogens with one attached hydrogen (secondary N) is 1. The molecule has 0 unspecified atom stereocenters. The molecule has 3 aromatic rings. The van der Waals surface area contributed by atoms with Crippen molar-refractivity contribution in [1.29, 1.82) is 0 Å². The smallest absolute Gasteiger partial charge is 0.343 e. The summed E-state index contributed by atoms with van der Waals surface area (Å²) in [6.07, 6.45) is 0.640. The summed E-state index contributed by atoms with van der Waals surface area (Å²) in [5, 5.41) is 4.70. The molecule has 0 aliphatic rings. The van der Waals surface area contributed by atoms with Gasteiger partial charge < -0.3 is 9.47 Å². The van der Waals surface area contributed by atoms with Gasteiger partial charge in [-0.1, -0.05) is 40.9 Å². The highest BCUT2D eigenvalue weighted by atomic mass is 35.5. The van der Waals surface area contributed by atoms with Gasteiger partial charge in [-0.3, -0.25) is 4.79 Å². The van der Waals surface area contributed by atoms with Crippen molar-refractivity contribution in [2.75, 3.05) is 0 Å². The Morgan fingerprint density at radius 3 is 2.47 bits per heavy atom. The van der Waals surface area contributed by atoms with Gasteiger partial charge in [0, 0.05) is 5.02 Å². The molecule has 3 aromatic carbocycles. The zero-order chi connectivity index (χ0) is 23.1. The highest BCUT2D eigenvalue weighted by molar-refractivity contribution is 6.35. The Kier molecular flexibility index (Phi) is 7.87. The van der Waals surface area contributed by atoms with Gasteiger partial charge in [-0.15, -0.1) is 0 Å². The molecule has 1 N–H and O–H groups in total. The molecule has 0 aliphatic carbocycles. The quantitative estimate of drug-likeness (QED) is 0.216. The van der Waals surface area contributed by atoms with E-state index in [9.17, 15) is 9.59 Å². The minimum Gasteiger partial charge on any atom is -0.479 e. The maximum atomic E-state index is 12.2. The molecule has 0 saturated heterocycles. The van der Waals surface area contributed by atoms with Gasteiger partial charge in [0.15, 0.2) is 6.10 Å². The molecule has 8 heteroatoms. The molecule has 0 heterocycles. The van der Waals surface area contributed by atoms with Crippen molar-refractivity contribution in [3.05, 3.63) is 93.5 Å². The van der Waals surface area contributed by atoms with Crippen molar-refractivity contribution in [1.82, 2.24) is 5.43 Å². The predicted molar refractivity (Wildman–Crippen MR) is 125 cm³/mol. The van der Waals surface area contributed by atoms with Crippen LogP contribution in [0.5, 0.6) is 11.5 Å². The first-order chi connectivity index (χ1) is 15.3. The largest absolute Gasteiger partial charge is 0.479 e. The number of nitrogens with zero attached hydrogens (tertiary/aromatic N) is 1. The number of hydrazone groups is 1. The number of benzene rings is 3. The summed E-state index contributed by atoms with van der Waals surface area (Å²) in [6.45, 7) is 3.48.